The molecule has 0 radical (unpaired) electrons. The van der Waals surface area contributed by atoms with Crippen molar-refractivity contribution < 1.29 is 27.6 Å². The summed E-state index contributed by atoms with van der Waals surface area (Å²) in [5.41, 5.74) is 0.105. The van der Waals surface area contributed by atoms with Crippen molar-refractivity contribution in [3.8, 4) is 5.75 Å². The summed E-state index contributed by atoms with van der Waals surface area (Å²) < 4.78 is 37.6. The Morgan fingerprint density at radius 1 is 1.06 bits per heavy atom. The number of nitrogens with zero attached hydrogens (tertiary/aromatic N) is 3. The van der Waals surface area contributed by atoms with E-state index in [0.717, 1.165) is 6.07 Å². The molecule has 0 spiro atoms. The lowest BCUT2D eigenvalue weighted by molar-refractivity contribution is -0.385. The number of amides is 1. The zero-order valence-electron chi connectivity index (χ0n) is 17.0. The average molecular weight is 449 g/mol. The quantitative estimate of drug-likeness (QED) is 0.342. The molecule has 0 saturated carbocycles. The van der Waals surface area contributed by atoms with Crippen molar-refractivity contribution in [2.75, 3.05) is 46.5 Å². The molecule has 3 rings (SSSR count). The Labute approximate surface area is 180 Å². The number of ether oxygens (including phenoxy) is 2. The molecule has 166 valence electrons. The fraction of sp³-hybridized carbons (Fsp3) is 0.350. The Morgan fingerprint density at radius 3 is 2.45 bits per heavy atom. The van der Waals surface area contributed by atoms with Crippen LogP contribution in [-0.2, 0) is 14.8 Å². The SMILES string of the molecule is COCCOc1ccccc1C(=O)N1CCN(S(=O)(=O)c2cccc([N+](=O)[O-])c2)CC1. The largest absolute Gasteiger partial charge is 0.490 e. The van der Waals surface area contributed by atoms with Gasteiger partial charge in [0.2, 0.25) is 10.0 Å². The third-order valence-corrected chi connectivity index (χ3v) is 6.75. The van der Waals surface area contributed by atoms with Crippen molar-refractivity contribution in [1.29, 1.82) is 0 Å². The van der Waals surface area contributed by atoms with Gasteiger partial charge in [-0.15, -0.1) is 0 Å². The predicted octanol–water partition coefficient (Wildman–Crippen LogP) is 1.77. The molecule has 0 unspecified atom stereocenters. The Bertz CT molecular complexity index is 1050. The van der Waals surface area contributed by atoms with Gasteiger partial charge in [0.1, 0.15) is 12.4 Å². The summed E-state index contributed by atoms with van der Waals surface area (Å²) in [4.78, 5) is 24.7. The van der Waals surface area contributed by atoms with Crippen LogP contribution in [0, 0.1) is 10.1 Å². The minimum atomic E-state index is -3.90. The van der Waals surface area contributed by atoms with E-state index < -0.39 is 14.9 Å². The number of hydrogen-bond donors (Lipinski definition) is 0. The molecule has 0 aliphatic carbocycles. The predicted molar refractivity (Wildman–Crippen MR) is 112 cm³/mol. The molecule has 31 heavy (non-hydrogen) atoms. The number of nitro groups is 1. The molecule has 1 heterocycles. The van der Waals surface area contributed by atoms with E-state index in [1.165, 1.54) is 22.5 Å². The van der Waals surface area contributed by atoms with Crippen LogP contribution in [0.3, 0.4) is 0 Å². The van der Waals surface area contributed by atoms with E-state index in [1.54, 1.807) is 36.3 Å². The first-order valence-electron chi connectivity index (χ1n) is 9.59. The van der Waals surface area contributed by atoms with Crippen LogP contribution >= 0.6 is 0 Å². The smallest absolute Gasteiger partial charge is 0.270 e. The number of piperazine rings is 1. The van der Waals surface area contributed by atoms with Crippen LogP contribution in [-0.4, -0.2) is 75.0 Å². The van der Waals surface area contributed by atoms with Crippen molar-refractivity contribution in [2.24, 2.45) is 0 Å². The molecule has 0 N–H and O–H groups in total. The van der Waals surface area contributed by atoms with Crippen LogP contribution in [0.4, 0.5) is 5.69 Å². The number of benzene rings is 2. The highest BCUT2D eigenvalue weighted by Crippen LogP contribution is 2.24. The van der Waals surface area contributed by atoms with Gasteiger partial charge in [0.25, 0.3) is 11.6 Å². The third-order valence-electron chi connectivity index (χ3n) is 4.85. The minimum Gasteiger partial charge on any atom is -0.490 e. The number of para-hydroxylation sites is 1. The molecule has 1 aliphatic rings. The second-order valence-corrected chi connectivity index (χ2v) is 8.73. The van der Waals surface area contributed by atoms with Crippen LogP contribution < -0.4 is 4.74 Å². The Hall–Kier alpha value is -3.02. The van der Waals surface area contributed by atoms with Crippen LogP contribution in [0.2, 0.25) is 0 Å². The van der Waals surface area contributed by atoms with Crippen LogP contribution in [0.5, 0.6) is 5.75 Å². The van der Waals surface area contributed by atoms with Crippen molar-refractivity contribution in [3.05, 3.63) is 64.2 Å². The van der Waals surface area contributed by atoms with Crippen molar-refractivity contribution >= 4 is 21.6 Å². The van der Waals surface area contributed by atoms with E-state index in [0.29, 0.717) is 24.5 Å². The first-order valence-corrected chi connectivity index (χ1v) is 11.0. The van der Waals surface area contributed by atoms with Gasteiger partial charge in [0, 0.05) is 45.4 Å². The minimum absolute atomic E-state index is 0.0868. The first-order chi connectivity index (χ1) is 14.8. The normalized spacial score (nSPS) is 14.9. The molecule has 1 amide bonds. The topological polar surface area (TPSA) is 119 Å². The number of rotatable bonds is 8. The molecular formula is C20H23N3O7S. The van der Waals surface area contributed by atoms with Crippen LogP contribution in [0.15, 0.2) is 53.4 Å². The lowest BCUT2D eigenvalue weighted by Crippen LogP contribution is -2.50. The van der Waals surface area contributed by atoms with Gasteiger partial charge >= 0.3 is 0 Å². The lowest BCUT2D eigenvalue weighted by Gasteiger charge is -2.34. The second-order valence-electron chi connectivity index (χ2n) is 6.79. The van der Waals surface area contributed by atoms with Gasteiger partial charge in [-0.05, 0) is 18.2 Å². The summed E-state index contributed by atoms with van der Waals surface area (Å²) in [6, 6.07) is 11.8. The average Bonchev–Trinajstić information content (AvgIpc) is 2.79. The van der Waals surface area contributed by atoms with E-state index >= 15 is 0 Å². The van der Waals surface area contributed by atoms with Gasteiger partial charge in [-0.25, -0.2) is 8.42 Å². The van der Waals surface area contributed by atoms with Crippen molar-refractivity contribution in [2.45, 2.75) is 4.90 Å². The summed E-state index contributed by atoms with van der Waals surface area (Å²) >= 11 is 0. The van der Waals surface area contributed by atoms with Gasteiger partial charge < -0.3 is 14.4 Å². The number of methoxy groups -OCH3 is 1. The van der Waals surface area contributed by atoms with Crippen molar-refractivity contribution in [1.82, 2.24) is 9.21 Å². The standard InChI is InChI=1S/C20H23N3O7S/c1-29-13-14-30-19-8-3-2-7-18(19)20(24)21-9-11-22(12-10-21)31(27,28)17-6-4-5-16(15-17)23(25)26/h2-8,15H,9-14H2,1H3. The Kier molecular flexibility index (Phi) is 7.21. The molecule has 2 aromatic carbocycles. The fourth-order valence-corrected chi connectivity index (χ4v) is 4.68. The second kappa shape index (κ2) is 9.86. The van der Waals surface area contributed by atoms with E-state index in [9.17, 15) is 23.3 Å². The maximum Gasteiger partial charge on any atom is 0.270 e. The van der Waals surface area contributed by atoms with Gasteiger partial charge in [0.15, 0.2) is 0 Å². The summed E-state index contributed by atoms with van der Waals surface area (Å²) in [5.74, 6) is 0.191. The molecule has 1 fully saturated rings. The Morgan fingerprint density at radius 2 is 1.77 bits per heavy atom. The van der Waals surface area contributed by atoms with Crippen molar-refractivity contribution in [3.63, 3.8) is 0 Å². The van der Waals surface area contributed by atoms with E-state index in [-0.39, 0.29) is 42.7 Å². The first kappa shape index (κ1) is 22.7. The molecule has 0 bridgehead atoms. The number of non-ortho nitro benzene ring substituents is 1. The molecule has 1 saturated heterocycles. The summed E-state index contributed by atoms with van der Waals surface area (Å²) in [6.07, 6.45) is 0. The van der Waals surface area contributed by atoms with Gasteiger partial charge in [0.05, 0.1) is 22.0 Å². The number of hydrogen-bond acceptors (Lipinski definition) is 7. The maximum absolute atomic E-state index is 13.0. The molecule has 1 aliphatic heterocycles. The summed E-state index contributed by atoms with van der Waals surface area (Å²) in [6.45, 7) is 1.25. The fourth-order valence-electron chi connectivity index (χ4n) is 3.21. The number of carbonyl (C=O) groups is 1. The highest BCUT2D eigenvalue weighted by Gasteiger charge is 2.31. The zero-order valence-corrected chi connectivity index (χ0v) is 17.8. The third kappa shape index (κ3) is 5.19. The molecule has 0 aromatic heterocycles. The molecule has 10 nitrogen and oxygen atoms in total. The number of nitro benzene ring substituents is 1. The summed E-state index contributed by atoms with van der Waals surface area (Å²) in [7, 11) is -2.35. The number of sulfonamides is 1. The molecular weight excluding hydrogens is 426 g/mol. The monoisotopic (exact) mass is 449 g/mol. The Balaban J connectivity index is 1.69. The lowest BCUT2D eigenvalue weighted by atomic mass is 10.1. The molecule has 2 aromatic rings. The zero-order chi connectivity index (χ0) is 22.4. The molecule has 0 atom stereocenters. The van der Waals surface area contributed by atoms with Gasteiger partial charge in [-0.2, -0.15) is 4.31 Å². The molecule has 11 heteroatoms. The highest BCUT2D eigenvalue weighted by atomic mass is 32.2. The highest BCUT2D eigenvalue weighted by molar-refractivity contribution is 7.89. The number of carbonyl (C=O) groups excluding carboxylic acids is 1. The van der Waals surface area contributed by atoms with Crippen LogP contribution in [0.25, 0.3) is 0 Å². The van der Waals surface area contributed by atoms with Gasteiger partial charge in [-0.3, -0.25) is 14.9 Å². The summed E-state index contributed by atoms with van der Waals surface area (Å²) in [5, 5.41) is 11.0. The van der Waals surface area contributed by atoms with E-state index in [2.05, 4.69) is 0 Å². The van der Waals surface area contributed by atoms with Crippen LogP contribution in [0.1, 0.15) is 10.4 Å². The maximum atomic E-state index is 13.0. The van der Waals surface area contributed by atoms with E-state index in [1.807, 2.05) is 0 Å². The van der Waals surface area contributed by atoms with E-state index in [4.69, 9.17) is 9.47 Å². The van der Waals surface area contributed by atoms with Gasteiger partial charge in [-0.1, -0.05) is 18.2 Å².